The SMILES string of the molecule is CC(C)(C)C1=C2SSC(C(C)(C)C)C(=O)C3=C(SSC(C(C)(C)C)C3=O)C2=C(C(C)(C)C)C(=O)C1=O. The molecule has 3 aliphatic rings. The topological polar surface area (TPSA) is 68.3 Å². The van der Waals surface area contributed by atoms with E-state index in [9.17, 15) is 19.2 Å². The minimum Gasteiger partial charge on any atom is -0.293 e. The van der Waals surface area contributed by atoms with Crippen LogP contribution in [0.2, 0.25) is 0 Å². The second kappa shape index (κ2) is 9.49. The summed E-state index contributed by atoms with van der Waals surface area (Å²) in [6.45, 7) is 23.6. The highest BCUT2D eigenvalue weighted by molar-refractivity contribution is 8.79. The number of fused-ring (bicyclic) bond motifs is 2. The van der Waals surface area contributed by atoms with Crippen molar-refractivity contribution in [3.05, 3.63) is 32.1 Å². The first-order chi connectivity index (χ1) is 16.1. The van der Waals surface area contributed by atoms with E-state index >= 15 is 0 Å². The maximum Gasteiger partial charge on any atom is 0.230 e. The van der Waals surface area contributed by atoms with Crippen LogP contribution in [0.3, 0.4) is 0 Å². The van der Waals surface area contributed by atoms with Gasteiger partial charge < -0.3 is 0 Å². The Morgan fingerprint density at radius 3 is 1.22 bits per heavy atom. The number of carbonyl (C=O) groups excluding carboxylic acids is 4. The molecule has 0 spiro atoms. The summed E-state index contributed by atoms with van der Waals surface area (Å²) in [7, 11) is 5.71. The van der Waals surface area contributed by atoms with Crippen molar-refractivity contribution in [2.24, 2.45) is 21.7 Å². The van der Waals surface area contributed by atoms with Gasteiger partial charge in [-0.2, -0.15) is 0 Å². The predicted molar refractivity (Wildman–Crippen MR) is 157 cm³/mol. The van der Waals surface area contributed by atoms with Gasteiger partial charge in [-0.15, -0.1) is 0 Å². The molecule has 36 heavy (non-hydrogen) atoms. The van der Waals surface area contributed by atoms with Crippen molar-refractivity contribution in [1.82, 2.24) is 0 Å². The third-order valence-electron chi connectivity index (χ3n) is 6.32. The molecule has 198 valence electrons. The second-order valence-electron chi connectivity index (χ2n) is 13.9. The molecule has 0 aromatic carbocycles. The molecule has 2 unspecified atom stereocenters. The van der Waals surface area contributed by atoms with Gasteiger partial charge in [0.25, 0.3) is 0 Å². The van der Waals surface area contributed by atoms with Crippen molar-refractivity contribution in [3.8, 4) is 0 Å². The van der Waals surface area contributed by atoms with Gasteiger partial charge in [0.05, 0.1) is 16.1 Å². The van der Waals surface area contributed by atoms with Gasteiger partial charge in [-0.05, 0) is 21.7 Å². The molecular weight excluding hydrogens is 529 g/mol. The van der Waals surface area contributed by atoms with Crippen molar-refractivity contribution < 1.29 is 19.2 Å². The van der Waals surface area contributed by atoms with Gasteiger partial charge in [-0.25, -0.2) is 0 Å². The normalized spacial score (nSPS) is 25.2. The highest BCUT2D eigenvalue weighted by Crippen LogP contribution is 2.61. The Labute approximate surface area is 231 Å². The summed E-state index contributed by atoms with van der Waals surface area (Å²) in [5, 5.41) is -0.876. The predicted octanol–water partition coefficient (Wildman–Crippen LogP) is 7.79. The number of carbonyl (C=O) groups is 4. The minimum atomic E-state index is -0.652. The fourth-order valence-electron chi connectivity index (χ4n) is 4.55. The van der Waals surface area contributed by atoms with Crippen molar-refractivity contribution in [2.75, 3.05) is 0 Å². The number of Topliss-reactive ketones (excluding diaryl/α,β-unsaturated/α-hetero) is 4. The molecule has 4 nitrogen and oxygen atoms in total. The molecule has 0 amide bonds. The van der Waals surface area contributed by atoms with Gasteiger partial charge in [-0.1, -0.05) is 126 Å². The molecule has 0 N–H and O–H groups in total. The van der Waals surface area contributed by atoms with Gasteiger partial charge in [0, 0.05) is 26.5 Å². The standard InChI is InChI=1S/C28H38O4S4/c1-25(2,3)15-13-21-14(17(29)23(35-33-21)27(7,8)9)18(30)24(28(10,11)12)36-34-22(13)16(26(4,5)6)20(32)19(15)31/h23-24H,1-12H3. The van der Waals surface area contributed by atoms with E-state index in [-0.39, 0.29) is 22.6 Å². The van der Waals surface area contributed by atoms with Crippen molar-refractivity contribution in [2.45, 2.75) is 93.6 Å². The van der Waals surface area contributed by atoms with Crippen LogP contribution in [-0.4, -0.2) is 33.6 Å². The Hall–Kier alpha value is -0.700. The zero-order chi connectivity index (χ0) is 27.8. The smallest absolute Gasteiger partial charge is 0.230 e. The van der Waals surface area contributed by atoms with Crippen LogP contribution >= 0.6 is 43.2 Å². The van der Waals surface area contributed by atoms with Crippen LogP contribution in [0.1, 0.15) is 83.1 Å². The molecule has 2 heterocycles. The molecule has 2 aliphatic heterocycles. The largest absolute Gasteiger partial charge is 0.293 e. The first-order valence-electron chi connectivity index (χ1n) is 12.2. The van der Waals surface area contributed by atoms with Gasteiger partial charge in [0.2, 0.25) is 11.6 Å². The lowest BCUT2D eigenvalue weighted by atomic mass is 9.70. The summed E-state index contributed by atoms with van der Waals surface area (Å²) >= 11 is 0. The van der Waals surface area contributed by atoms with E-state index in [0.717, 1.165) is 4.91 Å². The van der Waals surface area contributed by atoms with Crippen LogP contribution in [0.5, 0.6) is 0 Å². The van der Waals surface area contributed by atoms with E-state index in [1.165, 1.54) is 43.2 Å². The van der Waals surface area contributed by atoms with E-state index in [1.807, 2.05) is 83.1 Å². The molecule has 2 atom stereocenters. The summed E-state index contributed by atoms with van der Waals surface area (Å²) in [6, 6.07) is 0. The Balaban J connectivity index is 2.55. The van der Waals surface area contributed by atoms with E-state index in [4.69, 9.17) is 0 Å². The van der Waals surface area contributed by atoms with Crippen molar-refractivity contribution in [1.29, 1.82) is 0 Å². The van der Waals surface area contributed by atoms with E-state index in [1.54, 1.807) is 0 Å². The number of hydrogen-bond acceptors (Lipinski definition) is 8. The van der Waals surface area contributed by atoms with Gasteiger partial charge in [0.1, 0.15) is 0 Å². The summed E-state index contributed by atoms with van der Waals surface area (Å²) in [5.41, 5.74) is -0.309. The van der Waals surface area contributed by atoms with Crippen LogP contribution < -0.4 is 0 Å². The fourth-order valence-corrected chi connectivity index (χ4v) is 11.7. The highest BCUT2D eigenvalue weighted by Gasteiger charge is 2.51. The van der Waals surface area contributed by atoms with Crippen LogP contribution in [0.4, 0.5) is 0 Å². The molecule has 3 rings (SSSR count). The first kappa shape index (κ1) is 29.9. The van der Waals surface area contributed by atoms with Gasteiger partial charge in [0.15, 0.2) is 11.6 Å². The summed E-state index contributed by atoms with van der Waals surface area (Å²) in [5.74, 6) is -1.36. The van der Waals surface area contributed by atoms with Crippen LogP contribution in [-0.2, 0) is 19.2 Å². The summed E-state index contributed by atoms with van der Waals surface area (Å²) in [6.07, 6.45) is 0. The molecule has 0 fully saturated rings. The minimum absolute atomic E-state index is 0.172. The third kappa shape index (κ3) is 5.26. The highest BCUT2D eigenvalue weighted by atomic mass is 33.1. The van der Waals surface area contributed by atoms with Gasteiger partial charge in [-0.3, -0.25) is 19.2 Å². The Morgan fingerprint density at radius 2 is 0.861 bits per heavy atom. The molecule has 8 heteroatoms. The molecule has 0 saturated carbocycles. The Kier molecular flexibility index (Phi) is 7.87. The van der Waals surface area contributed by atoms with E-state index in [0.29, 0.717) is 21.6 Å². The van der Waals surface area contributed by atoms with Gasteiger partial charge >= 0.3 is 0 Å². The maximum absolute atomic E-state index is 14.2. The molecule has 0 saturated heterocycles. The van der Waals surface area contributed by atoms with Crippen molar-refractivity contribution in [3.63, 3.8) is 0 Å². The molecule has 0 aromatic heterocycles. The average molecular weight is 567 g/mol. The second-order valence-corrected chi connectivity index (χ2v) is 18.5. The average Bonchev–Trinajstić information content (AvgIpc) is 2.64. The number of hydrogen-bond donors (Lipinski definition) is 0. The number of rotatable bonds is 0. The van der Waals surface area contributed by atoms with Crippen molar-refractivity contribution >= 4 is 66.3 Å². The van der Waals surface area contributed by atoms with Crippen LogP contribution in [0.25, 0.3) is 0 Å². The molecule has 0 aromatic rings. The monoisotopic (exact) mass is 566 g/mol. The first-order valence-corrected chi connectivity index (χ1v) is 16.6. The zero-order valence-electron chi connectivity index (χ0n) is 23.4. The Morgan fingerprint density at radius 1 is 0.500 bits per heavy atom. The Bertz CT molecular complexity index is 1140. The molecular formula is C28H38O4S4. The fraction of sp³-hybridized carbons (Fsp3) is 0.643. The number of allylic oxidation sites excluding steroid dienone is 5. The third-order valence-corrected chi connectivity index (χ3v) is 12.6. The van der Waals surface area contributed by atoms with E-state index in [2.05, 4.69) is 0 Å². The van der Waals surface area contributed by atoms with Crippen LogP contribution in [0.15, 0.2) is 32.1 Å². The number of ketones is 4. The molecule has 0 radical (unpaired) electrons. The summed E-state index contributed by atoms with van der Waals surface area (Å²) in [4.78, 5) is 56.9. The maximum atomic E-state index is 14.2. The lowest BCUT2D eigenvalue weighted by Crippen LogP contribution is -2.43. The quantitative estimate of drug-likeness (QED) is 0.127. The van der Waals surface area contributed by atoms with Crippen LogP contribution in [0, 0.1) is 21.7 Å². The summed E-state index contributed by atoms with van der Waals surface area (Å²) < 4.78 is 0. The lowest BCUT2D eigenvalue weighted by molar-refractivity contribution is -0.133. The zero-order valence-corrected chi connectivity index (χ0v) is 26.7. The van der Waals surface area contributed by atoms with E-state index < -0.39 is 38.3 Å². The lowest BCUT2D eigenvalue weighted by Gasteiger charge is -2.41. The molecule has 1 aliphatic carbocycles. The molecule has 0 bridgehead atoms.